The second-order valence-corrected chi connectivity index (χ2v) is 18.7. The van der Waals surface area contributed by atoms with E-state index in [-0.39, 0.29) is 0 Å². The van der Waals surface area contributed by atoms with E-state index >= 15 is 4.57 Å². The molecular formula is C58H38N3OP. The summed E-state index contributed by atoms with van der Waals surface area (Å²) < 4.78 is 16.4. The van der Waals surface area contributed by atoms with Crippen molar-refractivity contribution < 1.29 is 4.57 Å². The van der Waals surface area contributed by atoms with Gasteiger partial charge in [0.05, 0.1) is 22.8 Å². The molecule has 1 aromatic heterocycles. The second-order valence-electron chi connectivity index (χ2n) is 16.1. The molecule has 0 spiro atoms. The van der Waals surface area contributed by atoms with Crippen molar-refractivity contribution >= 4 is 56.5 Å². The molecule has 0 fully saturated rings. The van der Waals surface area contributed by atoms with E-state index in [0.29, 0.717) is 5.82 Å². The number of anilines is 3. The maximum Gasteiger partial charge on any atom is 0.172 e. The molecule has 5 heteroatoms. The number of nitrogens with zero attached hydrogens (tertiary/aromatic N) is 3. The molecule has 12 rings (SSSR count). The Hall–Kier alpha value is -7.91. The zero-order valence-corrected chi connectivity index (χ0v) is 35.0. The van der Waals surface area contributed by atoms with Crippen molar-refractivity contribution in [3.05, 3.63) is 247 Å². The molecule has 0 bridgehead atoms. The van der Waals surface area contributed by atoms with Crippen LogP contribution in [0.15, 0.2) is 231 Å². The van der Waals surface area contributed by atoms with E-state index in [1.54, 1.807) is 0 Å². The molecule has 9 aromatic carbocycles. The van der Waals surface area contributed by atoms with Crippen LogP contribution in [0.1, 0.15) is 16.7 Å². The van der Waals surface area contributed by atoms with E-state index in [1.807, 2.05) is 48.5 Å². The Morgan fingerprint density at radius 1 is 0.381 bits per heavy atom. The summed E-state index contributed by atoms with van der Waals surface area (Å²) in [5.41, 5.74) is 14.2. The molecule has 0 N–H and O–H groups in total. The molecule has 3 heterocycles. The number of aromatic nitrogens is 2. The predicted molar refractivity (Wildman–Crippen MR) is 262 cm³/mol. The molecule has 2 aliphatic heterocycles. The van der Waals surface area contributed by atoms with Crippen molar-refractivity contribution in [2.45, 2.75) is 0 Å². The largest absolute Gasteiger partial charge is 0.309 e. The first kappa shape index (κ1) is 36.9. The van der Waals surface area contributed by atoms with E-state index in [2.05, 4.69) is 187 Å². The standard InChI is InChI=1S/C58H38N3OP/c62-63(47-36-33-39-15-7-8-20-45(39)37-47)55-26-14-11-23-50(55)56-48-21-9-12-24-53(48)61(54-25-13-10-22-49(54)57(56)63)46-34-31-41(32-35-46)40-27-29-43(30-28-40)52-38-51(42-16-3-1-4-17-42)59-58(60-52)44-18-5-2-6-19-44/h1-38H. The fraction of sp³-hybridized carbons (Fsp3) is 0. The van der Waals surface area contributed by atoms with Crippen LogP contribution in [0.5, 0.6) is 0 Å². The number of hydrogen-bond donors (Lipinski definition) is 0. The molecule has 296 valence electrons. The van der Waals surface area contributed by atoms with Crippen LogP contribution in [0.4, 0.5) is 17.1 Å². The Morgan fingerprint density at radius 3 is 1.59 bits per heavy atom. The molecule has 2 aliphatic rings. The lowest BCUT2D eigenvalue weighted by molar-refractivity contribution is 0.593. The average molecular weight is 824 g/mol. The van der Waals surface area contributed by atoms with Gasteiger partial charge in [-0.3, -0.25) is 0 Å². The summed E-state index contributed by atoms with van der Waals surface area (Å²) in [5, 5.41) is 4.86. The van der Waals surface area contributed by atoms with Gasteiger partial charge in [-0.05, 0) is 63.9 Å². The van der Waals surface area contributed by atoms with Gasteiger partial charge < -0.3 is 9.46 Å². The first-order valence-electron chi connectivity index (χ1n) is 21.3. The van der Waals surface area contributed by atoms with Crippen molar-refractivity contribution in [2.75, 3.05) is 4.90 Å². The molecular weight excluding hydrogens is 786 g/mol. The Balaban J connectivity index is 0.940. The van der Waals surface area contributed by atoms with E-state index in [0.717, 1.165) is 105 Å². The van der Waals surface area contributed by atoms with Crippen LogP contribution in [0.3, 0.4) is 0 Å². The van der Waals surface area contributed by atoms with Crippen LogP contribution < -0.4 is 15.5 Å². The summed E-state index contributed by atoms with van der Waals surface area (Å²) in [7, 11) is -3.35. The van der Waals surface area contributed by atoms with Crippen LogP contribution in [-0.2, 0) is 4.57 Å². The molecule has 0 radical (unpaired) electrons. The van der Waals surface area contributed by atoms with Gasteiger partial charge in [0.2, 0.25) is 0 Å². The zero-order chi connectivity index (χ0) is 41.9. The highest BCUT2D eigenvalue weighted by atomic mass is 31.2. The molecule has 0 saturated heterocycles. The maximum atomic E-state index is 16.4. The maximum absolute atomic E-state index is 16.4. The number of fused-ring (bicyclic) bond motifs is 7. The van der Waals surface area contributed by atoms with Crippen molar-refractivity contribution in [1.29, 1.82) is 0 Å². The van der Waals surface area contributed by atoms with E-state index < -0.39 is 7.14 Å². The lowest BCUT2D eigenvalue weighted by Crippen LogP contribution is -2.17. The summed E-state index contributed by atoms with van der Waals surface area (Å²) in [6.07, 6.45) is 0. The number of para-hydroxylation sites is 2. The highest BCUT2D eigenvalue weighted by Gasteiger charge is 2.46. The fourth-order valence-electron chi connectivity index (χ4n) is 9.44. The average Bonchev–Trinajstić information content (AvgIpc) is 3.55. The van der Waals surface area contributed by atoms with Gasteiger partial charge in [0, 0.05) is 55.0 Å². The van der Waals surface area contributed by atoms with E-state index in [1.165, 1.54) is 0 Å². The van der Waals surface area contributed by atoms with Gasteiger partial charge in [-0.25, -0.2) is 9.97 Å². The smallest absolute Gasteiger partial charge is 0.172 e. The summed E-state index contributed by atoms with van der Waals surface area (Å²) in [4.78, 5) is 12.4. The van der Waals surface area contributed by atoms with Gasteiger partial charge in [-0.15, -0.1) is 0 Å². The number of rotatable bonds is 6. The Labute approximate surface area is 366 Å². The van der Waals surface area contributed by atoms with Crippen molar-refractivity contribution in [2.24, 2.45) is 0 Å². The molecule has 0 aliphatic carbocycles. The van der Waals surface area contributed by atoms with E-state index in [9.17, 15) is 0 Å². The van der Waals surface area contributed by atoms with Crippen molar-refractivity contribution in [3.63, 3.8) is 0 Å². The summed E-state index contributed by atoms with van der Waals surface area (Å²) in [6.45, 7) is 0. The third kappa shape index (κ3) is 6.10. The Bertz CT molecular complexity index is 3410. The zero-order valence-electron chi connectivity index (χ0n) is 34.1. The monoisotopic (exact) mass is 823 g/mol. The molecule has 1 atom stereocenters. The topological polar surface area (TPSA) is 46.1 Å². The molecule has 63 heavy (non-hydrogen) atoms. The Morgan fingerprint density at radius 2 is 0.889 bits per heavy atom. The van der Waals surface area contributed by atoms with Gasteiger partial charge in [0.1, 0.15) is 0 Å². The van der Waals surface area contributed by atoms with Gasteiger partial charge in [-0.1, -0.05) is 194 Å². The first-order chi connectivity index (χ1) is 31.1. The van der Waals surface area contributed by atoms with Crippen LogP contribution in [0, 0.1) is 0 Å². The highest BCUT2D eigenvalue weighted by molar-refractivity contribution is 7.88. The van der Waals surface area contributed by atoms with Crippen molar-refractivity contribution in [3.8, 4) is 45.0 Å². The van der Waals surface area contributed by atoms with Crippen LogP contribution in [-0.4, -0.2) is 9.97 Å². The minimum absolute atomic E-state index is 0.699. The highest BCUT2D eigenvalue weighted by Crippen LogP contribution is 2.68. The van der Waals surface area contributed by atoms with Gasteiger partial charge in [0.25, 0.3) is 0 Å². The lowest BCUT2D eigenvalue weighted by Gasteiger charge is -2.29. The van der Waals surface area contributed by atoms with Crippen LogP contribution >= 0.6 is 7.14 Å². The quantitative estimate of drug-likeness (QED) is 0.157. The third-order valence-corrected chi connectivity index (χ3v) is 15.6. The second kappa shape index (κ2) is 14.9. The molecule has 4 nitrogen and oxygen atoms in total. The Kier molecular flexibility index (Phi) is 8.74. The van der Waals surface area contributed by atoms with E-state index in [4.69, 9.17) is 9.97 Å². The first-order valence-corrected chi connectivity index (χ1v) is 23.0. The van der Waals surface area contributed by atoms with Crippen LogP contribution in [0.2, 0.25) is 0 Å². The number of hydrogen-bond acceptors (Lipinski definition) is 4. The minimum atomic E-state index is -3.35. The molecule has 0 amide bonds. The number of benzene rings is 9. The molecule has 1 unspecified atom stereocenters. The molecule has 10 aromatic rings. The predicted octanol–water partition coefficient (Wildman–Crippen LogP) is 14.3. The van der Waals surface area contributed by atoms with Gasteiger partial charge in [-0.2, -0.15) is 0 Å². The summed E-state index contributed by atoms with van der Waals surface area (Å²) in [5.74, 6) is 0.699. The summed E-state index contributed by atoms with van der Waals surface area (Å²) in [6, 6.07) is 80.0. The molecule has 0 saturated carbocycles. The third-order valence-electron chi connectivity index (χ3n) is 12.4. The van der Waals surface area contributed by atoms with Crippen molar-refractivity contribution in [1.82, 2.24) is 9.97 Å². The normalized spacial score (nSPS) is 15.0. The summed E-state index contributed by atoms with van der Waals surface area (Å²) >= 11 is 0. The SMILES string of the molecule is O=P1(c2ccc3ccccc3c2)C2=C(c3ccccc3N(c3ccc(-c4ccc(-c5cc(-c6ccccc6)nc(-c6ccccc6)n5)cc4)cc3)c3ccccc32)c2ccccc21. The minimum Gasteiger partial charge on any atom is -0.309 e. The van der Waals surface area contributed by atoms with Gasteiger partial charge >= 0.3 is 0 Å². The van der Waals surface area contributed by atoms with Gasteiger partial charge in [0.15, 0.2) is 13.0 Å². The lowest BCUT2D eigenvalue weighted by atomic mass is 9.95. The van der Waals surface area contributed by atoms with Crippen LogP contribution in [0.25, 0.3) is 66.7 Å². The fourth-order valence-corrected chi connectivity index (χ4v) is 12.7.